The van der Waals surface area contributed by atoms with Gasteiger partial charge < -0.3 is 9.64 Å². The Balaban J connectivity index is 1.65. The SMILES string of the molecule is CCn1ncc(Cl)c1CN(C)C(=O)c1cccc(COc2ccc(C(C)C)cc2)c1. The number of benzene rings is 2. The summed E-state index contributed by atoms with van der Waals surface area (Å²) in [6.07, 6.45) is 1.62. The lowest BCUT2D eigenvalue weighted by Crippen LogP contribution is -2.27. The molecule has 0 spiro atoms. The van der Waals surface area contributed by atoms with Crippen LogP contribution in [0.15, 0.2) is 54.7 Å². The Kier molecular flexibility index (Phi) is 7.16. The van der Waals surface area contributed by atoms with Gasteiger partial charge in [-0.15, -0.1) is 0 Å². The first-order valence-electron chi connectivity index (χ1n) is 10.2. The van der Waals surface area contributed by atoms with Crippen LogP contribution < -0.4 is 4.74 Å². The smallest absolute Gasteiger partial charge is 0.253 e. The number of carbonyl (C=O) groups excluding carboxylic acids is 1. The number of amides is 1. The van der Waals surface area contributed by atoms with Crippen molar-refractivity contribution in [3.05, 3.63) is 82.1 Å². The number of halogens is 1. The Morgan fingerprint density at radius 2 is 1.93 bits per heavy atom. The minimum Gasteiger partial charge on any atom is -0.489 e. The molecule has 3 aromatic rings. The van der Waals surface area contributed by atoms with Gasteiger partial charge in [0.15, 0.2) is 0 Å². The van der Waals surface area contributed by atoms with Gasteiger partial charge in [-0.25, -0.2) is 0 Å². The normalized spacial score (nSPS) is 11.0. The summed E-state index contributed by atoms with van der Waals surface area (Å²) in [5.74, 6) is 1.23. The van der Waals surface area contributed by atoms with Crippen LogP contribution in [0.25, 0.3) is 0 Å². The summed E-state index contributed by atoms with van der Waals surface area (Å²) < 4.78 is 7.71. The number of hydrogen-bond donors (Lipinski definition) is 0. The molecule has 158 valence electrons. The number of ether oxygens (including phenoxy) is 1. The van der Waals surface area contributed by atoms with Crippen LogP contribution in [-0.4, -0.2) is 27.6 Å². The summed E-state index contributed by atoms with van der Waals surface area (Å²) in [5.41, 5.74) is 3.67. The van der Waals surface area contributed by atoms with E-state index in [4.69, 9.17) is 16.3 Å². The Bertz CT molecular complexity index is 996. The van der Waals surface area contributed by atoms with Gasteiger partial charge in [-0.05, 0) is 48.2 Å². The number of carbonyl (C=O) groups is 1. The summed E-state index contributed by atoms with van der Waals surface area (Å²) in [4.78, 5) is 14.6. The highest BCUT2D eigenvalue weighted by molar-refractivity contribution is 6.31. The lowest BCUT2D eigenvalue weighted by molar-refractivity contribution is 0.0781. The molecule has 0 N–H and O–H groups in total. The van der Waals surface area contributed by atoms with Crippen molar-refractivity contribution in [1.82, 2.24) is 14.7 Å². The summed E-state index contributed by atoms with van der Waals surface area (Å²) in [7, 11) is 1.77. The second kappa shape index (κ2) is 9.81. The fourth-order valence-electron chi connectivity index (χ4n) is 3.24. The van der Waals surface area contributed by atoms with Crippen molar-refractivity contribution in [2.24, 2.45) is 0 Å². The van der Waals surface area contributed by atoms with E-state index in [0.29, 0.717) is 36.2 Å². The Morgan fingerprint density at radius 3 is 2.60 bits per heavy atom. The van der Waals surface area contributed by atoms with Gasteiger partial charge in [0, 0.05) is 19.2 Å². The van der Waals surface area contributed by atoms with Crippen molar-refractivity contribution < 1.29 is 9.53 Å². The van der Waals surface area contributed by atoms with Crippen LogP contribution in [0.1, 0.15) is 53.9 Å². The molecular formula is C24H28ClN3O2. The van der Waals surface area contributed by atoms with Crippen molar-refractivity contribution in [3.63, 3.8) is 0 Å². The fourth-order valence-corrected chi connectivity index (χ4v) is 3.45. The highest BCUT2D eigenvalue weighted by atomic mass is 35.5. The van der Waals surface area contributed by atoms with Crippen molar-refractivity contribution in [2.45, 2.75) is 46.4 Å². The molecule has 0 saturated heterocycles. The molecule has 0 saturated carbocycles. The Morgan fingerprint density at radius 1 is 1.20 bits per heavy atom. The number of rotatable bonds is 8. The van der Waals surface area contributed by atoms with E-state index < -0.39 is 0 Å². The average Bonchev–Trinajstić information content (AvgIpc) is 3.11. The Hall–Kier alpha value is -2.79. The molecule has 0 fully saturated rings. The first kappa shape index (κ1) is 21.9. The molecule has 1 heterocycles. The van der Waals surface area contributed by atoms with E-state index in [2.05, 4.69) is 31.1 Å². The van der Waals surface area contributed by atoms with Crippen molar-refractivity contribution >= 4 is 17.5 Å². The molecular weight excluding hydrogens is 398 g/mol. The van der Waals surface area contributed by atoms with Gasteiger partial charge in [-0.2, -0.15) is 5.10 Å². The van der Waals surface area contributed by atoms with E-state index in [-0.39, 0.29) is 5.91 Å². The summed E-state index contributed by atoms with van der Waals surface area (Å²) in [5, 5.41) is 4.80. The summed E-state index contributed by atoms with van der Waals surface area (Å²) in [6.45, 7) is 7.83. The molecule has 6 heteroatoms. The molecule has 0 aliphatic carbocycles. The summed E-state index contributed by atoms with van der Waals surface area (Å²) in [6, 6.07) is 15.7. The van der Waals surface area contributed by atoms with Crippen molar-refractivity contribution in [1.29, 1.82) is 0 Å². The minimum absolute atomic E-state index is 0.0712. The van der Waals surface area contributed by atoms with Crippen LogP contribution in [0.3, 0.4) is 0 Å². The monoisotopic (exact) mass is 425 g/mol. The van der Waals surface area contributed by atoms with Gasteiger partial charge >= 0.3 is 0 Å². The molecule has 1 aromatic heterocycles. The molecule has 0 unspecified atom stereocenters. The third kappa shape index (κ3) is 5.22. The first-order chi connectivity index (χ1) is 14.4. The maximum atomic E-state index is 12.9. The molecule has 2 aromatic carbocycles. The molecule has 0 aliphatic rings. The second-order valence-electron chi connectivity index (χ2n) is 7.63. The highest BCUT2D eigenvalue weighted by Gasteiger charge is 2.17. The van der Waals surface area contributed by atoms with Gasteiger partial charge in [-0.1, -0.05) is 49.7 Å². The summed E-state index contributed by atoms with van der Waals surface area (Å²) >= 11 is 6.23. The van der Waals surface area contributed by atoms with Crippen molar-refractivity contribution in [2.75, 3.05) is 7.05 Å². The van der Waals surface area contributed by atoms with E-state index >= 15 is 0 Å². The minimum atomic E-state index is -0.0712. The van der Waals surface area contributed by atoms with Crippen LogP contribution in [0.4, 0.5) is 0 Å². The van der Waals surface area contributed by atoms with Gasteiger partial charge in [0.2, 0.25) is 0 Å². The molecule has 30 heavy (non-hydrogen) atoms. The predicted octanol–water partition coefficient (Wildman–Crippen LogP) is 5.53. The third-order valence-corrected chi connectivity index (χ3v) is 5.37. The van der Waals surface area contributed by atoms with Crippen LogP contribution >= 0.6 is 11.6 Å². The quantitative estimate of drug-likeness (QED) is 0.476. The molecule has 1 amide bonds. The van der Waals surface area contributed by atoms with Crippen LogP contribution in [-0.2, 0) is 19.7 Å². The molecule has 3 rings (SSSR count). The van der Waals surface area contributed by atoms with Crippen LogP contribution in [0.2, 0.25) is 5.02 Å². The van der Waals surface area contributed by atoms with E-state index in [0.717, 1.165) is 17.0 Å². The zero-order valence-corrected chi connectivity index (χ0v) is 18.7. The van der Waals surface area contributed by atoms with Gasteiger partial charge in [-0.3, -0.25) is 9.48 Å². The average molecular weight is 426 g/mol. The topological polar surface area (TPSA) is 47.4 Å². The zero-order chi connectivity index (χ0) is 21.7. The predicted molar refractivity (Wildman–Crippen MR) is 120 cm³/mol. The fraction of sp³-hybridized carbons (Fsp3) is 0.333. The third-order valence-electron chi connectivity index (χ3n) is 5.06. The van der Waals surface area contributed by atoms with E-state index in [1.807, 2.05) is 43.3 Å². The molecule has 0 bridgehead atoms. The van der Waals surface area contributed by atoms with Gasteiger partial charge in [0.25, 0.3) is 5.91 Å². The first-order valence-corrected chi connectivity index (χ1v) is 10.5. The van der Waals surface area contributed by atoms with Gasteiger partial charge in [0.1, 0.15) is 12.4 Å². The van der Waals surface area contributed by atoms with E-state index in [1.165, 1.54) is 5.56 Å². The maximum absolute atomic E-state index is 12.9. The lowest BCUT2D eigenvalue weighted by atomic mass is 10.0. The molecule has 5 nitrogen and oxygen atoms in total. The molecule has 0 radical (unpaired) electrons. The molecule has 0 aliphatic heterocycles. The molecule has 0 atom stereocenters. The number of aromatic nitrogens is 2. The van der Waals surface area contributed by atoms with Crippen LogP contribution in [0.5, 0.6) is 5.75 Å². The number of nitrogens with zero attached hydrogens (tertiary/aromatic N) is 3. The highest BCUT2D eigenvalue weighted by Crippen LogP contribution is 2.21. The van der Waals surface area contributed by atoms with Crippen LogP contribution in [0, 0.1) is 0 Å². The van der Waals surface area contributed by atoms with E-state index in [9.17, 15) is 4.79 Å². The van der Waals surface area contributed by atoms with Crippen molar-refractivity contribution in [3.8, 4) is 5.75 Å². The maximum Gasteiger partial charge on any atom is 0.253 e. The van der Waals surface area contributed by atoms with E-state index in [1.54, 1.807) is 22.8 Å². The second-order valence-corrected chi connectivity index (χ2v) is 8.04. The lowest BCUT2D eigenvalue weighted by Gasteiger charge is -2.18. The number of hydrogen-bond acceptors (Lipinski definition) is 3. The zero-order valence-electron chi connectivity index (χ0n) is 17.9. The Labute approximate surface area is 183 Å². The largest absolute Gasteiger partial charge is 0.489 e. The van der Waals surface area contributed by atoms with Gasteiger partial charge in [0.05, 0.1) is 23.5 Å². The number of aryl methyl sites for hydroxylation is 1. The standard InChI is InChI=1S/C24H28ClN3O2/c1-5-28-23(22(25)14-26-28)15-27(4)24(29)20-8-6-7-18(13-20)16-30-21-11-9-19(10-12-21)17(2)3/h6-14,17H,5,15-16H2,1-4H3.